The summed E-state index contributed by atoms with van der Waals surface area (Å²) in [5.41, 5.74) is -4.44. The molecule has 0 saturated heterocycles. The third-order valence-electron chi connectivity index (χ3n) is 2.69. The molecule has 9 nitrogen and oxygen atoms in total. The van der Waals surface area contributed by atoms with Crippen LogP contribution >= 0.6 is 0 Å². The quantitative estimate of drug-likeness (QED) is 0.443. The maximum atomic E-state index is 12.7. The maximum absolute atomic E-state index is 12.7. The first-order chi connectivity index (χ1) is 10.5. The molecule has 1 aromatic carbocycles. The lowest BCUT2D eigenvalue weighted by atomic mass is 10.1. The molecular weight excluding hydrogens is 327 g/mol. The van der Waals surface area contributed by atoms with E-state index in [0.29, 0.717) is 0 Å². The molecule has 0 heterocycles. The van der Waals surface area contributed by atoms with E-state index < -0.39 is 44.6 Å². The number of nitro groups is 2. The fourth-order valence-corrected chi connectivity index (χ4v) is 1.70. The number of hydrogen-bond acceptors (Lipinski definition) is 6. The van der Waals surface area contributed by atoms with Gasteiger partial charge in [-0.25, -0.2) is 0 Å². The van der Waals surface area contributed by atoms with Gasteiger partial charge in [0, 0.05) is 25.1 Å². The van der Waals surface area contributed by atoms with Gasteiger partial charge in [0.05, 0.1) is 15.4 Å². The van der Waals surface area contributed by atoms with Crippen molar-refractivity contribution < 1.29 is 32.9 Å². The Morgan fingerprint density at radius 1 is 1.17 bits per heavy atom. The van der Waals surface area contributed by atoms with Gasteiger partial charge in [0.25, 0.3) is 11.4 Å². The van der Waals surface area contributed by atoms with Gasteiger partial charge < -0.3 is 10.4 Å². The molecule has 0 atom stereocenters. The van der Waals surface area contributed by atoms with Gasteiger partial charge in [-0.1, -0.05) is 0 Å². The smallest absolute Gasteiger partial charge is 0.416 e. The number of carbonyl (C=O) groups is 1. The highest BCUT2D eigenvalue weighted by atomic mass is 19.4. The van der Waals surface area contributed by atoms with Crippen LogP contribution in [0.1, 0.15) is 18.4 Å². The van der Waals surface area contributed by atoms with Crippen molar-refractivity contribution in [3.8, 4) is 0 Å². The van der Waals surface area contributed by atoms with Crippen molar-refractivity contribution in [2.75, 3.05) is 11.9 Å². The average Bonchev–Trinajstić information content (AvgIpc) is 2.41. The Balaban J connectivity index is 3.27. The lowest BCUT2D eigenvalue weighted by Gasteiger charge is -2.11. The highest BCUT2D eigenvalue weighted by molar-refractivity contribution is 5.75. The number of halogens is 3. The van der Waals surface area contributed by atoms with Gasteiger partial charge in [-0.2, -0.15) is 13.2 Å². The lowest BCUT2D eigenvalue weighted by Crippen LogP contribution is -2.12. The Morgan fingerprint density at radius 3 is 2.00 bits per heavy atom. The fraction of sp³-hybridized carbons (Fsp3) is 0.364. The van der Waals surface area contributed by atoms with E-state index in [2.05, 4.69) is 5.32 Å². The lowest BCUT2D eigenvalue weighted by molar-refractivity contribution is -0.392. The molecule has 0 aliphatic rings. The van der Waals surface area contributed by atoms with Crippen molar-refractivity contribution in [2.45, 2.75) is 19.0 Å². The molecule has 12 heteroatoms. The number of rotatable bonds is 7. The van der Waals surface area contributed by atoms with Crippen molar-refractivity contribution in [1.82, 2.24) is 0 Å². The first kappa shape index (κ1) is 18.1. The average molecular weight is 337 g/mol. The van der Waals surface area contributed by atoms with Gasteiger partial charge in [0.2, 0.25) is 0 Å². The molecule has 0 unspecified atom stereocenters. The Hall–Kier alpha value is -2.92. The van der Waals surface area contributed by atoms with Gasteiger partial charge >= 0.3 is 12.1 Å². The highest BCUT2D eigenvalue weighted by Gasteiger charge is 2.37. The number of alkyl halides is 3. The van der Waals surface area contributed by atoms with E-state index in [9.17, 15) is 38.2 Å². The first-order valence-corrected chi connectivity index (χ1v) is 6.03. The second-order valence-electron chi connectivity index (χ2n) is 4.33. The predicted molar refractivity (Wildman–Crippen MR) is 70.1 cm³/mol. The second-order valence-corrected chi connectivity index (χ2v) is 4.33. The van der Waals surface area contributed by atoms with Crippen LogP contribution in [0.4, 0.5) is 30.2 Å². The van der Waals surface area contributed by atoms with Crippen LogP contribution in [0.3, 0.4) is 0 Å². The molecule has 1 rings (SSSR count). The van der Waals surface area contributed by atoms with Crippen molar-refractivity contribution in [2.24, 2.45) is 0 Å². The molecule has 0 fully saturated rings. The summed E-state index contributed by atoms with van der Waals surface area (Å²) in [6.45, 7) is -0.195. The summed E-state index contributed by atoms with van der Waals surface area (Å²) in [7, 11) is 0. The van der Waals surface area contributed by atoms with Crippen molar-refractivity contribution >= 4 is 23.0 Å². The largest absolute Gasteiger partial charge is 0.481 e. The summed E-state index contributed by atoms with van der Waals surface area (Å²) in [6, 6.07) is 0.374. The van der Waals surface area contributed by atoms with E-state index in [4.69, 9.17) is 5.11 Å². The molecule has 2 N–H and O–H groups in total. The summed E-state index contributed by atoms with van der Waals surface area (Å²) in [5, 5.41) is 32.5. The van der Waals surface area contributed by atoms with Crippen LogP contribution in [0.15, 0.2) is 12.1 Å². The SMILES string of the molecule is O=C(O)CCCNc1c([N+](=O)[O-])cc(C(F)(F)F)cc1[N+](=O)[O-]. The van der Waals surface area contributed by atoms with Crippen LogP contribution < -0.4 is 5.32 Å². The second kappa shape index (κ2) is 6.89. The van der Waals surface area contributed by atoms with E-state index in [1.54, 1.807) is 0 Å². The van der Waals surface area contributed by atoms with Gasteiger partial charge in [0.15, 0.2) is 5.69 Å². The summed E-state index contributed by atoms with van der Waals surface area (Å²) in [4.78, 5) is 29.8. The highest BCUT2D eigenvalue weighted by Crippen LogP contribution is 2.41. The van der Waals surface area contributed by atoms with E-state index in [0.717, 1.165) is 0 Å². The summed E-state index contributed by atoms with van der Waals surface area (Å²) in [6.07, 6.45) is -5.32. The number of nitro benzene ring substituents is 2. The monoisotopic (exact) mass is 337 g/mol. The number of nitrogens with zero attached hydrogens (tertiary/aromatic N) is 2. The summed E-state index contributed by atoms with van der Waals surface area (Å²) >= 11 is 0. The van der Waals surface area contributed by atoms with Crippen LogP contribution in [0, 0.1) is 20.2 Å². The summed E-state index contributed by atoms with van der Waals surface area (Å²) in [5.74, 6) is -1.15. The Bertz CT molecular complexity index is 611. The minimum Gasteiger partial charge on any atom is -0.481 e. The molecule has 0 radical (unpaired) electrons. The normalized spacial score (nSPS) is 11.1. The number of carboxylic acid groups (broad SMARTS) is 1. The standard InChI is InChI=1S/C11H10F3N3O6/c12-11(13,14)6-4-7(16(20)21)10(8(5-6)17(22)23)15-3-1-2-9(18)19/h4-5,15H,1-3H2,(H,18,19). The third kappa shape index (κ3) is 4.79. The molecule has 126 valence electrons. The number of benzene rings is 1. The molecule has 1 aromatic rings. The molecule has 0 spiro atoms. The van der Waals surface area contributed by atoms with Gasteiger partial charge in [0.1, 0.15) is 0 Å². The molecular formula is C11H10F3N3O6. The van der Waals surface area contributed by atoms with Crippen LogP contribution in [-0.4, -0.2) is 27.5 Å². The molecule has 0 bridgehead atoms. The molecule has 0 aromatic heterocycles. The van der Waals surface area contributed by atoms with E-state index in [1.807, 2.05) is 0 Å². The fourth-order valence-electron chi connectivity index (χ4n) is 1.70. The third-order valence-corrected chi connectivity index (χ3v) is 2.69. The van der Waals surface area contributed by atoms with Gasteiger partial charge in [-0.15, -0.1) is 0 Å². The number of aliphatic carboxylic acids is 1. The van der Waals surface area contributed by atoms with E-state index in [1.165, 1.54) is 0 Å². The topological polar surface area (TPSA) is 136 Å². The van der Waals surface area contributed by atoms with Crippen molar-refractivity contribution in [1.29, 1.82) is 0 Å². The van der Waals surface area contributed by atoms with Crippen molar-refractivity contribution in [3.63, 3.8) is 0 Å². The van der Waals surface area contributed by atoms with E-state index in [-0.39, 0.29) is 31.5 Å². The Morgan fingerprint density at radius 2 is 1.65 bits per heavy atom. The minimum absolute atomic E-state index is 0.0232. The number of anilines is 1. The Labute approximate surface area is 126 Å². The zero-order chi connectivity index (χ0) is 17.8. The maximum Gasteiger partial charge on any atom is 0.416 e. The first-order valence-electron chi connectivity index (χ1n) is 6.03. The van der Waals surface area contributed by atoms with Crippen LogP contribution in [0.2, 0.25) is 0 Å². The number of nitrogens with one attached hydrogen (secondary N) is 1. The van der Waals surface area contributed by atoms with Crippen LogP contribution in [0.5, 0.6) is 0 Å². The molecule has 0 aliphatic carbocycles. The zero-order valence-electron chi connectivity index (χ0n) is 11.3. The van der Waals surface area contributed by atoms with Crippen LogP contribution in [0.25, 0.3) is 0 Å². The minimum atomic E-state index is -4.99. The summed E-state index contributed by atoms with van der Waals surface area (Å²) < 4.78 is 38.0. The van der Waals surface area contributed by atoms with Crippen LogP contribution in [-0.2, 0) is 11.0 Å². The van der Waals surface area contributed by atoms with Gasteiger partial charge in [-0.05, 0) is 6.42 Å². The van der Waals surface area contributed by atoms with E-state index >= 15 is 0 Å². The Kier molecular flexibility index (Phi) is 5.43. The zero-order valence-corrected chi connectivity index (χ0v) is 11.3. The molecule has 0 saturated carbocycles. The molecule has 0 aliphatic heterocycles. The number of carboxylic acids is 1. The van der Waals surface area contributed by atoms with Crippen molar-refractivity contribution in [3.05, 3.63) is 37.9 Å². The predicted octanol–water partition coefficient (Wildman–Crippen LogP) is 2.80. The molecule has 23 heavy (non-hydrogen) atoms. The number of hydrogen-bond donors (Lipinski definition) is 2. The van der Waals surface area contributed by atoms with Gasteiger partial charge in [-0.3, -0.25) is 25.0 Å². The molecule has 0 amide bonds.